The predicted octanol–water partition coefficient (Wildman–Crippen LogP) is 3.08. The van der Waals surface area contributed by atoms with Crippen LogP contribution in [-0.2, 0) is 4.79 Å². The van der Waals surface area contributed by atoms with E-state index in [9.17, 15) is 9.18 Å². The molecule has 3 rings (SSSR count). The molecule has 0 aromatic heterocycles. The molecule has 0 spiro atoms. The normalized spacial score (nSPS) is 27.2. The first-order valence-corrected chi connectivity index (χ1v) is 7.92. The number of hydrogen-bond acceptors (Lipinski definition) is 2. The molecule has 1 saturated heterocycles. The molecule has 0 bridgehead atoms. The van der Waals surface area contributed by atoms with Gasteiger partial charge in [0.2, 0.25) is 5.91 Å². The molecule has 21 heavy (non-hydrogen) atoms. The van der Waals surface area contributed by atoms with Crippen LogP contribution in [0.3, 0.4) is 0 Å². The lowest BCUT2D eigenvalue weighted by Gasteiger charge is -2.24. The van der Waals surface area contributed by atoms with Crippen LogP contribution in [0, 0.1) is 17.7 Å². The third-order valence-electron chi connectivity index (χ3n) is 4.76. The van der Waals surface area contributed by atoms with Crippen LogP contribution in [0.15, 0.2) is 24.3 Å². The van der Waals surface area contributed by atoms with Crippen molar-refractivity contribution in [2.45, 2.75) is 45.3 Å². The standard InChI is InChI=1S/C17H23FN2O/c1-3-11(2)15-17(21)20(10-12-8-9-12)16(19-15)13-6-4-5-7-14(13)18/h4-7,11-12,15-16,19H,3,8-10H2,1-2H3. The van der Waals surface area contributed by atoms with E-state index in [1.54, 1.807) is 12.1 Å². The van der Waals surface area contributed by atoms with Crippen molar-refractivity contribution in [3.63, 3.8) is 0 Å². The lowest BCUT2D eigenvalue weighted by atomic mass is 9.99. The SMILES string of the molecule is CCC(C)C1NC(c2ccccc2F)N(CC2CC2)C1=O. The molecule has 1 aliphatic heterocycles. The van der Waals surface area contributed by atoms with E-state index >= 15 is 0 Å². The predicted molar refractivity (Wildman–Crippen MR) is 80.0 cm³/mol. The molecule has 2 aliphatic rings. The van der Waals surface area contributed by atoms with E-state index in [0.717, 1.165) is 13.0 Å². The van der Waals surface area contributed by atoms with E-state index in [0.29, 0.717) is 11.5 Å². The zero-order chi connectivity index (χ0) is 15.0. The maximum Gasteiger partial charge on any atom is 0.241 e. The Kier molecular flexibility index (Phi) is 3.98. The molecule has 1 heterocycles. The summed E-state index contributed by atoms with van der Waals surface area (Å²) < 4.78 is 14.1. The molecular formula is C17H23FN2O. The average Bonchev–Trinajstić information content (AvgIpc) is 3.25. The number of nitrogens with zero attached hydrogens (tertiary/aromatic N) is 1. The fourth-order valence-electron chi connectivity index (χ4n) is 3.01. The first-order chi connectivity index (χ1) is 10.1. The average molecular weight is 290 g/mol. The van der Waals surface area contributed by atoms with Crippen LogP contribution in [0.1, 0.15) is 44.8 Å². The Labute approximate surface area is 125 Å². The van der Waals surface area contributed by atoms with E-state index in [4.69, 9.17) is 0 Å². The summed E-state index contributed by atoms with van der Waals surface area (Å²) in [4.78, 5) is 14.6. The van der Waals surface area contributed by atoms with Crippen LogP contribution < -0.4 is 5.32 Å². The topological polar surface area (TPSA) is 32.3 Å². The van der Waals surface area contributed by atoms with Gasteiger partial charge in [-0.2, -0.15) is 0 Å². The molecule has 1 aliphatic carbocycles. The molecule has 2 fully saturated rings. The Bertz CT molecular complexity index is 529. The Morgan fingerprint density at radius 2 is 2.10 bits per heavy atom. The van der Waals surface area contributed by atoms with Crippen LogP contribution in [0.5, 0.6) is 0 Å². The fraction of sp³-hybridized carbons (Fsp3) is 0.588. The molecule has 3 atom stereocenters. The largest absolute Gasteiger partial charge is 0.321 e. The molecular weight excluding hydrogens is 267 g/mol. The van der Waals surface area contributed by atoms with Crippen molar-refractivity contribution < 1.29 is 9.18 Å². The maximum atomic E-state index is 14.1. The minimum absolute atomic E-state index is 0.129. The fourth-order valence-corrected chi connectivity index (χ4v) is 3.01. The minimum Gasteiger partial charge on any atom is -0.321 e. The van der Waals surface area contributed by atoms with E-state index in [1.807, 2.05) is 11.0 Å². The van der Waals surface area contributed by atoms with Crippen molar-refractivity contribution in [2.75, 3.05) is 6.54 Å². The summed E-state index contributed by atoms with van der Waals surface area (Å²) in [6, 6.07) is 6.56. The second kappa shape index (κ2) is 5.76. The number of halogens is 1. The van der Waals surface area contributed by atoms with Crippen molar-refractivity contribution in [1.82, 2.24) is 10.2 Å². The van der Waals surface area contributed by atoms with E-state index < -0.39 is 0 Å². The number of carbonyl (C=O) groups is 1. The molecule has 0 radical (unpaired) electrons. The van der Waals surface area contributed by atoms with Gasteiger partial charge in [0.25, 0.3) is 0 Å². The maximum absolute atomic E-state index is 14.1. The Morgan fingerprint density at radius 1 is 1.38 bits per heavy atom. The summed E-state index contributed by atoms with van der Waals surface area (Å²) in [6.45, 7) is 4.91. The second-order valence-electron chi connectivity index (χ2n) is 6.39. The molecule has 4 heteroatoms. The van der Waals surface area contributed by atoms with E-state index in [-0.39, 0.29) is 29.8 Å². The molecule has 1 N–H and O–H groups in total. The first kappa shape index (κ1) is 14.5. The van der Waals surface area contributed by atoms with Crippen molar-refractivity contribution in [2.24, 2.45) is 11.8 Å². The highest BCUT2D eigenvalue weighted by Crippen LogP contribution is 2.36. The smallest absolute Gasteiger partial charge is 0.241 e. The number of carbonyl (C=O) groups excluding carboxylic acids is 1. The van der Waals surface area contributed by atoms with Crippen LogP contribution in [0.25, 0.3) is 0 Å². The Morgan fingerprint density at radius 3 is 2.71 bits per heavy atom. The van der Waals surface area contributed by atoms with Gasteiger partial charge >= 0.3 is 0 Å². The van der Waals surface area contributed by atoms with Gasteiger partial charge in [-0.1, -0.05) is 38.5 Å². The molecule has 1 aromatic carbocycles. The Balaban J connectivity index is 1.88. The van der Waals surface area contributed by atoms with Crippen LogP contribution in [-0.4, -0.2) is 23.4 Å². The van der Waals surface area contributed by atoms with Crippen LogP contribution in [0.2, 0.25) is 0 Å². The van der Waals surface area contributed by atoms with Gasteiger partial charge in [0.05, 0.1) is 6.04 Å². The summed E-state index contributed by atoms with van der Waals surface area (Å²) in [5.41, 5.74) is 0.581. The highest BCUT2D eigenvalue weighted by molar-refractivity contribution is 5.85. The van der Waals surface area contributed by atoms with Gasteiger partial charge in [-0.05, 0) is 30.7 Å². The van der Waals surface area contributed by atoms with Crippen LogP contribution >= 0.6 is 0 Å². The lowest BCUT2D eigenvalue weighted by molar-refractivity contribution is -0.131. The third-order valence-corrected chi connectivity index (χ3v) is 4.76. The summed E-state index contributed by atoms with van der Waals surface area (Å²) >= 11 is 0. The van der Waals surface area contributed by atoms with Crippen molar-refractivity contribution in [3.05, 3.63) is 35.6 Å². The highest BCUT2D eigenvalue weighted by atomic mass is 19.1. The molecule has 1 saturated carbocycles. The highest BCUT2D eigenvalue weighted by Gasteiger charge is 2.44. The van der Waals surface area contributed by atoms with Crippen molar-refractivity contribution >= 4 is 5.91 Å². The summed E-state index contributed by atoms with van der Waals surface area (Å²) in [5, 5.41) is 3.37. The quantitative estimate of drug-likeness (QED) is 0.904. The zero-order valence-electron chi connectivity index (χ0n) is 12.7. The van der Waals surface area contributed by atoms with Crippen molar-refractivity contribution in [1.29, 1.82) is 0 Å². The van der Waals surface area contributed by atoms with Gasteiger partial charge in [0, 0.05) is 12.1 Å². The van der Waals surface area contributed by atoms with Crippen LogP contribution in [0.4, 0.5) is 4.39 Å². The number of hydrogen-bond donors (Lipinski definition) is 1. The van der Waals surface area contributed by atoms with Gasteiger partial charge in [-0.15, -0.1) is 0 Å². The lowest BCUT2D eigenvalue weighted by Crippen LogP contribution is -2.36. The summed E-state index contributed by atoms with van der Waals surface area (Å²) in [5.74, 6) is 0.745. The molecule has 114 valence electrons. The van der Waals surface area contributed by atoms with Gasteiger partial charge in [0.15, 0.2) is 0 Å². The number of nitrogens with one attached hydrogen (secondary N) is 1. The van der Waals surface area contributed by atoms with Gasteiger partial charge in [0.1, 0.15) is 12.0 Å². The monoisotopic (exact) mass is 290 g/mol. The minimum atomic E-state index is -0.321. The first-order valence-electron chi connectivity index (χ1n) is 7.92. The second-order valence-corrected chi connectivity index (χ2v) is 6.39. The summed E-state index contributed by atoms with van der Waals surface area (Å²) in [7, 11) is 0. The molecule has 3 nitrogen and oxygen atoms in total. The van der Waals surface area contributed by atoms with E-state index in [2.05, 4.69) is 19.2 Å². The number of rotatable bonds is 5. The van der Waals surface area contributed by atoms with E-state index in [1.165, 1.54) is 18.9 Å². The molecule has 1 amide bonds. The molecule has 3 unspecified atom stereocenters. The molecule has 1 aromatic rings. The van der Waals surface area contributed by atoms with Gasteiger partial charge in [-0.3, -0.25) is 10.1 Å². The van der Waals surface area contributed by atoms with Gasteiger partial charge < -0.3 is 4.90 Å². The zero-order valence-corrected chi connectivity index (χ0v) is 12.7. The number of benzene rings is 1. The third kappa shape index (κ3) is 2.82. The summed E-state index contributed by atoms with van der Waals surface area (Å²) in [6.07, 6.45) is 2.98. The van der Waals surface area contributed by atoms with Crippen molar-refractivity contribution in [3.8, 4) is 0 Å². The van der Waals surface area contributed by atoms with Gasteiger partial charge in [-0.25, -0.2) is 4.39 Å². The number of amides is 1. The Hall–Kier alpha value is -1.42.